The topological polar surface area (TPSA) is 66.9 Å². The van der Waals surface area contributed by atoms with E-state index in [0.717, 1.165) is 54.9 Å². The molecule has 1 fully saturated rings. The number of rotatable bonds is 9. The Morgan fingerprint density at radius 3 is 2.43 bits per heavy atom. The molecule has 8 heteroatoms. The Morgan fingerprint density at radius 2 is 1.68 bits per heavy atom. The van der Waals surface area contributed by atoms with E-state index in [1.807, 2.05) is 72.1 Å². The molecule has 3 aromatic carbocycles. The molecule has 0 bridgehead atoms. The number of benzene rings is 3. The molecule has 1 aliphatic rings. The summed E-state index contributed by atoms with van der Waals surface area (Å²) in [6, 6.07) is 25.6. The summed E-state index contributed by atoms with van der Waals surface area (Å²) in [7, 11) is 1.69. The SMILES string of the molecule is COc1cccc(CN2CCN(c3nc(C(=O)Nc4ccc(OCc5ccccc5)cc4)cs3)CC2)c1. The number of thiazole rings is 1. The van der Waals surface area contributed by atoms with Crippen molar-refractivity contribution in [3.05, 3.63) is 101 Å². The molecule has 1 amide bonds. The molecule has 0 saturated carbocycles. The first-order valence-corrected chi connectivity index (χ1v) is 13.2. The maximum atomic E-state index is 12.8. The van der Waals surface area contributed by atoms with Crippen LogP contribution in [-0.2, 0) is 13.2 Å². The second-order valence-electron chi connectivity index (χ2n) is 8.88. The van der Waals surface area contributed by atoms with Gasteiger partial charge >= 0.3 is 0 Å². The van der Waals surface area contributed by atoms with Gasteiger partial charge in [0, 0.05) is 43.8 Å². The Bertz CT molecular complexity index is 1300. The Hall–Kier alpha value is -3.88. The molecular formula is C29H30N4O3S. The highest BCUT2D eigenvalue weighted by Crippen LogP contribution is 2.24. The highest BCUT2D eigenvalue weighted by atomic mass is 32.1. The fourth-order valence-electron chi connectivity index (χ4n) is 4.21. The number of hydrogen-bond acceptors (Lipinski definition) is 7. The van der Waals surface area contributed by atoms with Crippen LogP contribution in [-0.4, -0.2) is 49.1 Å². The van der Waals surface area contributed by atoms with E-state index in [0.29, 0.717) is 18.0 Å². The Labute approximate surface area is 221 Å². The fourth-order valence-corrected chi connectivity index (χ4v) is 5.07. The number of carbonyl (C=O) groups excluding carboxylic acids is 1. The Balaban J connectivity index is 1.10. The molecule has 1 aromatic heterocycles. The summed E-state index contributed by atoms with van der Waals surface area (Å²) in [4.78, 5) is 22.1. The summed E-state index contributed by atoms with van der Waals surface area (Å²) in [6.45, 7) is 5.04. The van der Waals surface area contributed by atoms with Crippen LogP contribution < -0.4 is 19.7 Å². The lowest BCUT2D eigenvalue weighted by Crippen LogP contribution is -2.46. The second-order valence-corrected chi connectivity index (χ2v) is 9.72. The summed E-state index contributed by atoms with van der Waals surface area (Å²) in [5, 5.41) is 5.64. The van der Waals surface area contributed by atoms with Gasteiger partial charge in [-0.05, 0) is 47.5 Å². The van der Waals surface area contributed by atoms with Gasteiger partial charge in [-0.1, -0.05) is 42.5 Å². The fraction of sp³-hybridized carbons (Fsp3) is 0.241. The van der Waals surface area contributed by atoms with Crippen molar-refractivity contribution in [3.8, 4) is 11.5 Å². The van der Waals surface area contributed by atoms with Crippen molar-refractivity contribution < 1.29 is 14.3 Å². The molecule has 0 aliphatic carbocycles. The maximum absolute atomic E-state index is 12.8. The van der Waals surface area contributed by atoms with Gasteiger partial charge in [-0.3, -0.25) is 9.69 Å². The van der Waals surface area contributed by atoms with E-state index in [2.05, 4.69) is 32.2 Å². The molecular weight excluding hydrogens is 484 g/mol. The molecule has 1 N–H and O–H groups in total. The zero-order valence-corrected chi connectivity index (χ0v) is 21.6. The quantitative estimate of drug-likeness (QED) is 0.327. The minimum Gasteiger partial charge on any atom is -0.497 e. The summed E-state index contributed by atoms with van der Waals surface area (Å²) in [5.74, 6) is 1.43. The number of piperazine rings is 1. The molecule has 2 heterocycles. The van der Waals surface area contributed by atoms with Crippen molar-refractivity contribution >= 4 is 28.1 Å². The standard InChI is InChI=1S/C29H30N4O3S/c1-35-26-9-5-8-23(18-26)19-32-14-16-33(17-15-32)29-31-27(21-37-29)28(34)30-24-10-12-25(13-11-24)36-20-22-6-3-2-4-7-22/h2-13,18,21H,14-17,19-20H2,1H3,(H,30,34). The highest BCUT2D eigenvalue weighted by molar-refractivity contribution is 7.14. The molecule has 0 radical (unpaired) electrons. The largest absolute Gasteiger partial charge is 0.497 e. The lowest BCUT2D eigenvalue weighted by molar-refractivity contribution is 0.102. The summed E-state index contributed by atoms with van der Waals surface area (Å²) in [6.07, 6.45) is 0. The number of amides is 1. The van der Waals surface area contributed by atoms with Crippen LogP contribution in [0.5, 0.6) is 11.5 Å². The number of nitrogens with one attached hydrogen (secondary N) is 1. The zero-order valence-electron chi connectivity index (χ0n) is 20.8. The number of carbonyl (C=O) groups is 1. The van der Waals surface area contributed by atoms with Crippen LogP contribution >= 0.6 is 11.3 Å². The van der Waals surface area contributed by atoms with Gasteiger partial charge in [-0.15, -0.1) is 11.3 Å². The van der Waals surface area contributed by atoms with Crippen LogP contribution in [0.4, 0.5) is 10.8 Å². The number of ether oxygens (including phenoxy) is 2. The third kappa shape index (κ3) is 6.67. The van der Waals surface area contributed by atoms with Crippen LogP contribution in [0, 0.1) is 0 Å². The van der Waals surface area contributed by atoms with Crippen LogP contribution in [0.3, 0.4) is 0 Å². The highest BCUT2D eigenvalue weighted by Gasteiger charge is 2.21. The monoisotopic (exact) mass is 514 g/mol. The van der Waals surface area contributed by atoms with Gasteiger partial charge < -0.3 is 19.7 Å². The number of nitrogens with zero attached hydrogens (tertiary/aromatic N) is 3. The zero-order chi connectivity index (χ0) is 25.5. The number of methoxy groups -OCH3 is 1. The van der Waals surface area contributed by atoms with Gasteiger partial charge in [0.2, 0.25) is 0 Å². The first-order valence-electron chi connectivity index (χ1n) is 12.3. The third-order valence-electron chi connectivity index (χ3n) is 6.27. The number of hydrogen-bond donors (Lipinski definition) is 1. The second kappa shape index (κ2) is 11.9. The predicted octanol–water partition coefficient (Wildman–Crippen LogP) is 5.31. The van der Waals surface area contributed by atoms with E-state index < -0.39 is 0 Å². The summed E-state index contributed by atoms with van der Waals surface area (Å²) in [5.41, 5.74) is 3.50. The van der Waals surface area contributed by atoms with Gasteiger partial charge in [0.1, 0.15) is 23.8 Å². The van der Waals surface area contributed by atoms with Gasteiger partial charge in [0.15, 0.2) is 5.13 Å². The molecule has 1 saturated heterocycles. The van der Waals surface area contributed by atoms with E-state index in [4.69, 9.17) is 9.47 Å². The van der Waals surface area contributed by atoms with Crippen molar-refractivity contribution in [2.45, 2.75) is 13.2 Å². The average molecular weight is 515 g/mol. The molecule has 0 atom stereocenters. The molecule has 0 spiro atoms. The van der Waals surface area contributed by atoms with Crippen molar-refractivity contribution in [1.29, 1.82) is 0 Å². The van der Waals surface area contributed by atoms with E-state index in [1.54, 1.807) is 7.11 Å². The van der Waals surface area contributed by atoms with E-state index >= 15 is 0 Å². The van der Waals surface area contributed by atoms with Crippen LogP contribution in [0.2, 0.25) is 0 Å². The molecule has 190 valence electrons. The first kappa shape index (κ1) is 24.8. The number of aromatic nitrogens is 1. The van der Waals surface area contributed by atoms with Crippen molar-refractivity contribution in [2.75, 3.05) is 43.5 Å². The summed E-state index contributed by atoms with van der Waals surface area (Å²) < 4.78 is 11.2. The number of anilines is 2. The van der Waals surface area contributed by atoms with Gasteiger partial charge in [-0.2, -0.15) is 0 Å². The smallest absolute Gasteiger partial charge is 0.275 e. The lowest BCUT2D eigenvalue weighted by Gasteiger charge is -2.34. The summed E-state index contributed by atoms with van der Waals surface area (Å²) >= 11 is 1.51. The minimum atomic E-state index is -0.211. The molecule has 37 heavy (non-hydrogen) atoms. The molecule has 5 rings (SSSR count). The molecule has 1 aliphatic heterocycles. The third-order valence-corrected chi connectivity index (χ3v) is 7.17. The van der Waals surface area contributed by atoms with E-state index in [-0.39, 0.29) is 5.91 Å². The lowest BCUT2D eigenvalue weighted by atomic mass is 10.2. The molecule has 4 aromatic rings. The Kier molecular flexibility index (Phi) is 7.98. The Morgan fingerprint density at radius 1 is 0.919 bits per heavy atom. The average Bonchev–Trinajstić information content (AvgIpc) is 3.44. The van der Waals surface area contributed by atoms with Crippen LogP contribution in [0.1, 0.15) is 21.6 Å². The van der Waals surface area contributed by atoms with Crippen molar-refractivity contribution in [3.63, 3.8) is 0 Å². The molecule has 7 nitrogen and oxygen atoms in total. The maximum Gasteiger partial charge on any atom is 0.275 e. The van der Waals surface area contributed by atoms with Gasteiger partial charge in [0.05, 0.1) is 7.11 Å². The first-order chi connectivity index (χ1) is 18.2. The van der Waals surface area contributed by atoms with E-state index in [9.17, 15) is 4.79 Å². The normalized spacial score (nSPS) is 13.8. The predicted molar refractivity (Wildman–Crippen MR) is 148 cm³/mol. The van der Waals surface area contributed by atoms with Gasteiger partial charge in [0.25, 0.3) is 5.91 Å². The van der Waals surface area contributed by atoms with Crippen LogP contribution in [0.25, 0.3) is 0 Å². The van der Waals surface area contributed by atoms with Crippen molar-refractivity contribution in [2.24, 2.45) is 0 Å². The van der Waals surface area contributed by atoms with Gasteiger partial charge in [-0.25, -0.2) is 4.98 Å². The molecule has 0 unspecified atom stereocenters. The van der Waals surface area contributed by atoms with E-state index in [1.165, 1.54) is 16.9 Å². The minimum absolute atomic E-state index is 0.211. The van der Waals surface area contributed by atoms with Crippen LogP contribution in [0.15, 0.2) is 84.2 Å². The van der Waals surface area contributed by atoms with Crippen molar-refractivity contribution in [1.82, 2.24) is 9.88 Å².